The summed E-state index contributed by atoms with van der Waals surface area (Å²) >= 11 is 0. The first-order valence-corrected chi connectivity index (χ1v) is 9.62. The molecule has 0 aromatic heterocycles. The summed E-state index contributed by atoms with van der Waals surface area (Å²) in [4.78, 5) is 16.5. The number of benzene rings is 1. The largest absolute Gasteiger partial charge is 0.380 e. The fourth-order valence-electron chi connectivity index (χ4n) is 2.98. The highest BCUT2D eigenvalue weighted by molar-refractivity contribution is 5.78. The van der Waals surface area contributed by atoms with Gasteiger partial charge in [0.1, 0.15) is 5.82 Å². The molecule has 0 aliphatic carbocycles. The molecule has 1 heterocycles. The van der Waals surface area contributed by atoms with E-state index in [1.165, 1.54) is 12.1 Å². The van der Waals surface area contributed by atoms with Gasteiger partial charge in [-0.15, -0.1) is 0 Å². The van der Waals surface area contributed by atoms with Crippen molar-refractivity contribution >= 4 is 11.6 Å². The molecule has 6 heteroatoms. The first-order valence-electron chi connectivity index (χ1n) is 9.62. The number of nitrogens with zero attached hydrogens (tertiary/aromatic N) is 2. The van der Waals surface area contributed by atoms with Gasteiger partial charge in [-0.3, -0.25) is 9.69 Å². The molecule has 26 heavy (non-hydrogen) atoms. The number of hydrogen-bond acceptors (Lipinski definition) is 4. The van der Waals surface area contributed by atoms with E-state index in [1.807, 2.05) is 12.1 Å². The van der Waals surface area contributed by atoms with Crippen LogP contribution < -0.4 is 10.2 Å². The molecular formula is C20H32FN3O2. The van der Waals surface area contributed by atoms with Crippen molar-refractivity contribution in [1.29, 1.82) is 0 Å². The molecular weight excluding hydrogens is 333 g/mol. The number of rotatable bonds is 9. The molecule has 0 radical (unpaired) electrons. The van der Waals surface area contributed by atoms with Crippen molar-refractivity contribution in [2.45, 2.75) is 26.7 Å². The summed E-state index contributed by atoms with van der Waals surface area (Å²) in [5.74, 6) is 0.477. The lowest BCUT2D eigenvalue weighted by atomic mass is 10.1. The maximum atomic E-state index is 13.1. The normalized spacial score (nSPS) is 15.9. The molecule has 1 aliphatic heterocycles. The summed E-state index contributed by atoms with van der Waals surface area (Å²) in [6.45, 7) is 10.1. The van der Waals surface area contributed by atoms with Gasteiger partial charge in [0.2, 0.25) is 5.91 Å². The van der Waals surface area contributed by atoms with E-state index in [2.05, 4.69) is 29.0 Å². The van der Waals surface area contributed by atoms with Crippen molar-refractivity contribution in [3.63, 3.8) is 0 Å². The Kier molecular flexibility index (Phi) is 8.85. The maximum Gasteiger partial charge on any atom is 0.234 e. The summed E-state index contributed by atoms with van der Waals surface area (Å²) < 4.78 is 18.6. The lowest BCUT2D eigenvalue weighted by molar-refractivity contribution is -0.122. The van der Waals surface area contributed by atoms with Crippen molar-refractivity contribution in [2.75, 3.05) is 57.4 Å². The molecule has 2 rings (SSSR count). The summed E-state index contributed by atoms with van der Waals surface area (Å²) in [5.41, 5.74) is 1.04. The monoisotopic (exact) mass is 365 g/mol. The van der Waals surface area contributed by atoms with Gasteiger partial charge in [-0.2, -0.15) is 0 Å². The van der Waals surface area contributed by atoms with Crippen LogP contribution in [0.3, 0.4) is 0 Å². The fourth-order valence-corrected chi connectivity index (χ4v) is 2.98. The van der Waals surface area contributed by atoms with Gasteiger partial charge >= 0.3 is 0 Å². The fraction of sp³-hybridized carbons (Fsp3) is 0.650. The van der Waals surface area contributed by atoms with Crippen LogP contribution in [0.25, 0.3) is 0 Å². The summed E-state index contributed by atoms with van der Waals surface area (Å²) in [6, 6.07) is 6.62. The van der Waals surface area contributed by atoms with E-state index < -0.39 is 0 Å². The molecule has 0 atom stereocenters. The van der Waals surface area contributed by atoms with E-state index in [4.69, 9.17) is 4.74 Å². The van der Waals surface area contributed by atoms with Gasteiger partial charge < -0.3 is 15.0 Å². The maximum absolute atomic E-state index is 13.1. The Morgan fingerprint density at radius 2 is 1.92 bits per heavy atom. The Morgan fingerprint density at radius 1 is 1.15 bits per heavy atom. The summed E-state index contributed by atoms with van der Waals surface area (Å²) in [6.07, 6.45) is 2.04. The molecule has 0 spiro atoms. The Hall–Kier alpha value is -1.66. The van der Waals surface area contributed by atoms with Crippen molar-refractivity contribution in [3.8, 4) is 0 Å². The highest BCUT2D eigenvalue weighted by Gasteiger charge is 2.17. The molecule has 1 aliphatic rings. The highest BCUT2D eigenvalue weighted by Crippen LogP contribution is 2.16. The zero-order chi connectivity index (χ0) is 18.8. The van der Waals surface area contributed by atoms with Crippen LogP contribution in [0.2, 0.25) is 0 Å². The standard InChI is InChI=1S/C20H32FN3O2/c1-17(2)8-14-26-15-9-22-20(25)16-23-10-3-11-24(13-12-23)19-6-4-18(21)5-7-19/h4-7,17H,3,8-16H2,1-2H3,(H,22,25). The molecule has 1 saturated heterocycles. The molecule has 1 fully saturated rings. The quantitative estimate of drug-likeness (QED) is 0.683. The van der Waals surface area contributed by atoms with Crippen LogP contribution in [0.15, 0.2) is 24.3 Å². The predicted molar refractivity (Wildman–Crippen MR) is 103 cm³/mol. The lowest BCUT2D eigenvalue weighted by Crippen LogP contribution is -2.40. The van der Waals surface area contributed by atoms with Gasteiger partial charge in [-0.1, -0.05) is 13.8 Å². The lowest BCUT2D eigenvalue weighted by Gasteiger charge is -2.23. The van der Waals surface area contributed by atoms with Crippen molar-refractivity contribution in [2.24, 2.45) is 5.92 Å². The van der Waals surface area contributed by atoms with Crippen molar-refractivity contribution < 1.29 is 13.9 Å². The molecule has 1 amide bonds. The molecule has 5 nitrogen and oxygen atoms in total. The third-order valence-electron chi connectivity index (χ3n) is 4.56. The number of carbonyl (C=O) groups excluding carboxylic acids is 1. The zero-order valence-electron chi connectivity index (χ0n) is 16.0. The molecule has 1 aromatic carbocycles. The minimum absolute atomic E-state index is 0.0488. The number of halogens is 1. The third kappa shape index (κ3) is 7.70. The van der Waals surface area contributed by atoms with Crippen LogP contribution in [0, 0.1) is 11.7 Å². The van der Waals surface area contributed by atoms with E-state index in [9.17, 15) is 9.18 Å². The van der Waals surface area contributed by atoms with Crippen LogP contribution in [-0.4, -0.2) is 63.3 Å². The van der Waals surface area contributed by atoms with Gasteiger partial charge in [0.05, 0.1) is 13.2 Å². The minimum atomic E-state index is -0.213. The second-order valence-corrected chi connectivity index (χ2v) is 7.24. The smallest absolute Gasteiger partial charge is 0.234 e. The Labute approximate surface area is 156 Å². The first kappa shape index (κ1) is 20.6. The van der Waals surface area contributed by atoms with Crippen LogP contribution >= 0.6 is 0 Å². The van der Waals surface area contributed by atoms with E-state index in [-0.39, 0.29) is 11.7 Å². The molecule has 0 saturated carbocycles. The van der Waals surface area contributed by atoms with Crippen LogP contribution in [0.5, 0.6) is 0 Å². The van der Waals surface area contributed by atoms with Crippen LogP contribution in [0.1, 0.15) is 26.7 Å². The van der Waals surface area contributed by atoms with Gasteiger partial charge in [-0.05, 0) is 43.0 Å². The number of carbonyl (C=O) groups is 1. The second kappa shape index (κ2) is 11.1. The van der Waals surface area contributed by atoms with Crippen molar-refractivity contribution in [1.82, 2.24) is 10.2 Å². The molecule has 0 unspecified atom stereocenters. The zero-order valence-corrected chi connectivity index (χ0v) is 16.0. The van der Waals surface area contributed by atoms with E-state index in [1.54, 1.807) is 0 Å². The molecule has 146 valence electrons. The van der Waals surface area contributed by atoms with Gasteiger partial charge in [0.25, 0.3) is 0 Å². The third-order valence-corrected chi connectivity index (χ3v) is 4.56. The Bertz CT molecular complexity index is 536. The highest BCUT2D eigenvalue weighted by atomic mass is 19.1. The van der Waals surface area contributed by atoms with E-state index in [0.29, 0.717) is 25.6 Å². The average Bonchev–Trinajstić information content (AvgIpc) is 2.84. The van der Waals surface area contributed by atoms with Gasteiger partial charge in [-0.25, -0.2) is 4.39 Å². The van der Waals surface area contributed by atoms with Gasteiger partial charge in [0.15, 0.2) is 0 Å². The number of anilines is 1. The van der Waals surface area contributed by atoms with Gasteiger partial charge in [0, 0.05) is 45.0 Å². The summed E-state index contributed by atoms with van der Waals surface area (Å²) in [5, 5.41) is 2.93. The van der Waals surface area contributed by atoms with Crippen LogP contribution in [-0.2, 0) is 9.53 Å². The number of hydrogen-bond donors (Lipinski definition) is 1. The minimum Gasteiger partial charge on any atom is -0.380 e. The number of amides is 1. The Balaban J connectivity index is 1.64. The number of nitrogens with one attached hydrogen (secondary N) is 1. The molecule has 0 bridgehead atoms. The van der Waals surface area contributed by atoms with Crippen LogP contribution in [0.4, 0.5) is 10.1 Å². The molecule has 1 aromatic rings. The van der Waals surface area contributed by atoms with E-state index >= 15 is 0 Å². The van der Waals surface area contributed by atoms with E-state index in [0.717, 1.165) is 51.3 Å². The second-order valence-electron chi connectivity index (χ2n) is 7.24. The van der Waals surface area contributed by atoms with Crippen molar-refractivity contribution in [3.05, 3.63) is 30.1 Å². The predicted octanol–water partition coefficient (Wildman–Crippen LogP) is 2.52. The SMILES string of the molecule is CC(C)CCOCCNC(=O)CN1CCCN(c2ccc(F)cc2)CC1. The first-order chi connectivity index (χ1) is 12.5. The topological polar surface area (TPSA) is 44.8 Å². The molecule has 1 N–H and O–H groups in total. The Morgan fingerprint density at radius 3 is 2.65 bits per heavy atom. The summed E-state index contributed by atoms with van der Waals surface area (Å²) in [7, 11) is 0. The number of ether oxygens (including phenoxy) is 1. The average molecular weight is 365 g/mol.